The number of hydrogen-bond donors (Lipinski definition) is 1. The second-order valence-electron chi connectivity index (χ2n) is 8.59. The summed E-state index contributed by atoms with van der Waals surface area (Å²) in [6.45, 7) is 0.487. The fourth-order valence-corrected chi connectivity index (χ4v) is 4.79. The van der Waals surface area contributed by atoms with Gasteiger partial charge >= 0.3 is 0 Å². The second kappa shape index (κ2) is 12.8. The van der Waals surface area contributed by atoms with Crippen LogP contribution in [0.5, 0.6) is 5.75 Å². The lowest BCUT2D eigenvalue weighted by Gasteiger charge is -2.23. The van der Waals surface area contributed by atoms with Gasteiger partial charge in [-0.2, -0.15) is 5.10 Å². The van der Waals surface area contributed by atoms with Gasteiger partial charge in [-0.05, 0) is 83.4 Å². The molecule has 4 rings (SSSR count). The Labute approximate surface area is 237 Å². The standard InChI is InChI=1S/C29H25Cl2N3O4S/c1-39(36,37)34(19-24-4-2-3-5-28(24)31)26-14-10-23(11-15-26)29(35)33-32-18-21-8-16-27(17-9-21)38-20-22-6-12-25(30)13-7-22/h2-18H,19-20H2,1H3,(H,33,35)/b32-18+. The molecule has 0 aliphatic heterocycles. The number of benzene rings is 4. The highest BCUT2D eigenvalue weighted by Crippen LogP contribution is 2.24. The van der Waals surface area contributed by atoms with Gasteiger partial charge in [-0.15, -0.1) is 0 Å². The Bertz CT molecular complexity index is 1560. The molecular formula is C29H25Cl2N3O4S. The topological polar surface area (TPSA) is 88.1 Å². The minimum absolute atomic E-state index is 0.0688. The molecule has 0 unspecified atom stereocenters. The van der Waals surface area contributed by atoms with E-state index in [4.69, 9.17) is 27.9 Å². The van der Waals surface area contributed by atoms with Gasteiger partial charge in [-0.25, -0.2) is 13.8 Å². The summed E-state index contributed by atoms with van der Waals surface area (Å²) in [5, 5.41) is 5.16. The fraction of sp³-hybridized carbons (Fsp3) is 0.103. The molecule has 0 bridgehead atoms. The number of carbonyl (C=O) groups excluding carboxylic acids is 1. The molecule has 0 aromatic heterocycles. The van der Waals surface area contributed by atoms with Crippen molar-refractivity contribution in [3.8, 4) is 5.75 Å². The predicted octanol–water partition coefficient (Wildman–Crippen LogP) is 6.30. The zero-order chi connectivity index (χ0) is 27.8. The third kappa shape index (κ3) is 8.07. The minimum Gasteiger partial charge on any atom is -0.489 e. The van der Waals surface area contributed by atoms with E-state index in [1.54, 1.807) is 36.4 Å². The smallest absolute Gasteiger partial charge is 0.271 e. The third-order valence-corrected chi connectivity index (χ3v) is 7.43. The van der Waals surface area contributed by atoms with Crippen LogP contribution >= 0.6 is 23.2 Å². The van der Waals surface area contributed by atoms with Gasteiger partial charge in [-0.3, -0.25) is 9.10 Å². The highest BCUT2D eigenvalue weighted by Gasteiger charge is 2.19. The molecule has 200 valence electrons. The first-order chi connectivity index (χ1) is 18.7. The van der Waals surface area contributed by atoms with Gasteiger partial charge in [0.1, 0.15) is 12.4 Å². The average Bonchev–Trinajstić information content (AvgIpc) is 2.92. The number of sulfonamides is 1. The largest absolute Gasteiger partial charge is 0.489 e. The van der Waals surface area contributed by atoms with Crippen molar-refractivity contribution in [2.45, 2.75) is 13.2 Å². The van der Waals surface area contributed by atoms with Crippen LogP contribution in [-0.4, -0.2) is 26.8 Å². The molecule has 0 radical (unpaired) electrons. The van der Waals surface area contributed by atoms with Crippen LogP contribution in [0.4, 0.5) is 5.69 Å². The molecule has 10 heteroatoms. The summed E-state index contributed by atoms with van der Waals surface area (Å²) in [6.07, 6.45) is 2.64. The molecule has 1 N–H and O–H groups in total. The molecule has 0 saturated carbocycles. The second-order valence-corrected chi connectivity index (χ2v) is 11.3. The van der Waals surface area contributed by atoms with Crippen molar-refractivity contribution in [1.29, 1.82) is 0 Å². The molecule has 0 aliphatic carbocycles. The molecule has 4 aromatic carbocycles. The number of nitrogens with one attached hydrogen (secondary N) is 1. The molecule has 0 heterocycles. The van der Waals surface area contributed by atoms with Crippen molar-refractivity contribution in [3.63, 3.8) is 0 Å². The van der Waals surface area contributed by atoms with Gasteiger partial charge < -0.3 is 4.74 Å². The summed E-state index contributed by atoms with van der Waals surface area (Å²) >= 11 is 12.1. The van der Waals surface area contributed by atoms with Gasteiger partial charge in [0.05, 0.1) is 24.7 Å². The molecular weight excluding hydrogens is 557 g/mol. The minimum atomic E-state index is -3.60. The van der Waals surface area contributed by atoms with Gasteiger partial charge in [-0.1, -0.05) is 53.5 Å². The number of carbonyl (C=O) groups is 1. The lowest BCUT2D eigenvalue weighted by Crippen LogP contribution is -2.29. The maximum Gasteiger partial charge on any atom is 0.271 e. The van der Waals surface area contributed by atoms with Crippen LogP contribution in [-0.2, 0) is 23.2 Å². The van der Waals surface area contributed by atoms with Crippen molar-refractivity contribution in [2.24, 2.45) is 5.10 Å². The predicted molar refractivity (Wildman–Crippen MR) is 156 cm³/mol. The zero-order valence-electron chi connectivity index (χ0n) is 20.9. The Morgan fingerprint density at radius 3 is 2.23 bits per heavy atom. The molecule has 1 amide bonds. The molecule has 39 heavy (non-hydrogen) atoms. The van der Waals surface area contributed by atoms with Gasteiger partial charge in [0.2, 0.25) is 10.0 Å². The van der Waals surface area contributed by atoms with Crippen LogP contribution in [0.25, 0.3) is 0 Å². The quantitative estimate of drug-likeness (QED) is 0.176. The number of ether oxygens (including phenoxy) is 1. The van der Waals surface area contributed by atoms with E-state index in [0.717, 1.165) is 17.4 Å². The summed E-state index contributed by atoms with van der Waals surface area (Å²) in [5.74, 6) is 0.265. The first-order valence-corrected chi connectivity index (χ1v) is 14.4. The Hall–Kier alpha value is -3.85. The summed E-state index contributed by atoms with van der Waals surface area (Å²) in [4.78, 5) is 12.5. The van der Waals surface area contributed by atoms with Crippen molar-refractivity contribution >= 4 is 51.0 Å². The average molecular weight is 583 g/mol. The van der Waals surface area contributed by atoms with Crippen LogP contribution < -0.4 is 14.5 Å². The zero-order valence-corrected chi connectivity index (χ0v) is 23.2. The van der Waals surface area contributed by atoms with E-state index in [9.17, 15) is 13.2 Å². The summed E-state index contributed by atoms with van der Waals surface area (Å²) < 4.78 is 31.9. The van der Waals surface area contributed by atoms with E-state index < -0.39 is 15.9 Å². The van der Waals surface area contributed by atoms with E-state index >= 15 is 0 Å². The molecule has 0 fully saturated rings. The van der Waals surface area contributed by atoms with E-state index in [1.165, 1.54) is 22.7 Å². The third-order valence-electron chi connectivity index (χ3n) is 5.67. The SMILES string of the molecule is CS(=O)(=O)N(Cc1ccccc1Cl)c1ccc(C(=O)N/N=C/c2ccc(OCc3ccc(Cl)cc3)cc2)cc1. The molecule has 4 aromatic rings. The monoisotopic (exact) mass is 581 g/mol. The molecule has 0 saturated heterocycles. The van der Waals surface area contributed by atoms with Crippen molar-refractivity contribution in [1.82, 2.24) is 5.43 Å². The van der Waals surface area contributed by atoms with Crippen LogP contribution in [0.1, 0.15) is 27.0 Å². The van der Waals surface area contributed by atoms with Crippen LogP contribution in [0.3, 0.4) is 0 Å². The Balaban J connectivity index is 1.33. The maximum absolute atomic E-state index is 12.5. The van der Waals surface area contributed by atoms with Crippen molar-refractivity contribution < 1.29 is 17.9 Å². The van der Waals surface area contributed by atoms with E-state index in [2.05, 4.69) is 10.5 Å². The lowest BCUT2D eigenvalue weighted by molar-refractivity contribution is 0.0955. The van der Waals surface area contributed by atoms with E-state index in [1.807, 2.05) is 48.5 Å². The molecule has 7 nitrogen and oxygen atoms in total. The van der Waals surface area contributed by atoms with Crippen molar-refractivity contribution in [3.05, 3.63) is 129 Å². The number of rotatable bonds is 10. The maximum atomic E-state index is 12.5. The summed E-state index contributed by atoms with van der Waals surface area (Å²) in [5.41, 5.74) is 5.66. The first kappa shape index (κ1) is 28.2. The number of halogens is 2. The number of hydrazone groups is 1. The van der Waals surface area contributed by atoms with Gasteiger partial charge in [0.15, 0.2) is 0 Å². The number of amides is 1. The van der Waals surface area contributed by atoms with E-state index in [0.29, 0.717) is 39.2 Å². The number of anilines is 1. The summed E-state index contributed by atoms with van der Waals surface area (Å²) in [6, 6.07) is 28.0. The molecule has 0 atom stereocenters. The number of hydrogen-bond acceptors (Lipinski definition) is 5. The fourth-order valence-electron chi connectivity index (χ4n) is 3.59. The van der Waals surface area contributed by atoms with Gasteiger partial charge in [0, 0.05) is 15.6 Å². The van der Waals surface area contributed by atoms with E-state index in [-0.39, 0.29) is 6.54 Å². The normalized spacial score (nSPS) is 11.4. The number of nitrogens with zero attached hydrogens (tertiary/aromatic N) is 2. The van der Waals surface area contributed by atoms with Crippen LogP contribution in [0.2, 0.25) is 10.0 Å². The summed E-state index contributed by atoms with van der Waals surface area (Å²) in [7, 11) is -3.60. The highest BCUT2D eigenvalue weighted by molar-refractivity contribution is 7.92. The molecule has 0 spiro atoms. The lowest BCUT2D eigenvalue weighted by atomic mass is 10.2. The van der Waals surface area contributed by atoms with Gasteiger partial charge in [0.25, 0.3) is 5.91 Å². The Kier molecular flexibility index (Phi) is 9.24. The van der Waals surface area contributed by atoms with Crippen LogP contribution in [0.15, 0.2) is 102 Å². The van der Waals surface area contributed by atoms with Crippen molar-refractivity contribution in [2.75, 3.05) is 10.6 Å². The Morgan fingerprint density at radius 1 is 0.923 bits per heavy atom. The van der Waals surface area contributed by atoms with Crippen LogP contribution in [0, 0.1) is 0 Å². The Morgan fingerprint density at radius 2 is 1.59 bits per heavy atom. The molecule has 0 aliphatic rings. The first-order valence-electron chi connectivity index (χ1n) is 11.8. The highest BCUT2D eigenvalue weighted by atomic mass is 35.5.